The van der Waals surface area contributed by atoms with Crippen molar-refractivity contribution in [2.24, 2.45) is 0 Å². The van der Waals surface area contributed by atoms with Gasteiger partial charge in [-0.25, -0.2) is 4.98 Å². The highest BCUT2D eigenvalue weighted by molar-refractivity contribution is 6.29. The van der Waals surface area contributed by atoms with Crippen LogP contribution in [0.3, 0.4) is 0 Å². The molecule has 5 nitrogen and oxygen atoms in total. The van der Waals surface area contributed by atoms with Gasteiger partial charge in [-0.05, 0) is 39.3 Å². The molecule has 0 saturated carbocycles. The molecule has 0 fully saturated rings. The number of hydrogen-bond donors (Lipinski definition) is 3. The molecule has 23 heavy (non-hydrogen) atoms. The second-order valence-corrected chi connectivity index (χ2v) is 6.50. The van der Waals surface area contributed by atoms with E-state index >= 15 is 0 Å². The predicted octanol–water partition coefficient (Wildman–Crippen LogP) is 3.21. The molecule has 0 radical (unpaired) electrons. The summed E-state index contributed by atoms with van der Waals surface area (Å²) in [5, 5.41) is 23.0. The molecule has 2 aromatic heterocycles. The number of halogens is 1. The Kier molecular flexibility index (Phi) is 5.57. The molecule has 0 aliphatic carbocycles. The van der Waals surface area contributed by atoms with Gasteiger partial charge in [0.2, 0.25) is 0 Å². The molecule has 2 rings (SSSR count). The summed E-state index contributed by atoms with van der Waals surface area (Å²) in [6.07, 6.45) is 3.58. The summed E-state index contributed by atoms with van der Waals surface area (Å²) < 4.78 is 0. The first-order chi connectivity index (χ1) is 10.8. The minimum absolute atomic E-state index is 0.368. The Balaban J connectivity index is 2.27. The summed E-state index contributed by atoms with van der Waals surface area (Å²) >= 11 is 5.98. The predicted molar refractivity (Wildman–Crippen MR) is 92.5 cm³/mol. The van der Waals surface area contributed by atoms with Crippen molar-refractivity contribution < 1.29 is 10.2 Å². The van der Waals surface area contributed by atoms with Gasteiger partial charge in [-0.3, -0.25) is 4.98 Å². The van der Waals surface area contributed by atoms with Crippen LogP contribution in [0.15, 0.2) is 30.6 Å². The van der Waals surface area contributed by atoms with E-state index in [1.807, 2.05) is 12.1 Å². The third-order valence-electron chi connectivity index (χ3n) is 3.49. The molecule has 2 aromatic rings. The minimum atomic E-state index is -0.928. The van der Waals surface area contributed by atoms with Gasteiger partial charge in [0.25, 0.3) is 0 Å². The lowest BCUT2D eigenvalue weighted by atomic mass is 9.99. The van der Waals surface area contributed by atoms with Crippen LogP contribution < -0.4 is 5.32 Å². The smallest absolute Gasteiger partial charge is 0.131 e. The molecule has 0 amide bonds. The molecule has 0 aliphatic rings. The van der Waals surface area contributed by atoms with E-state index in [0.29, 0.717) is 18.1 Å². The quantitative estimate of drug-likeness (QED) is 0.706. The van der Waals surface area contributed by atoms with Gasteiger partial charge in [-0.1, -0.05) is 17.7 Å². The highest BCUT2D eigenvalue weighted by Gasteiger charge is 2.17. The number of aliphatic hydroxyl groups excluding tert-OH is 1. The number of aliphatic hydroxyl groups is 2. The number of anilines is 1. The van der Waals surface area contributed by atoms with E-state index in [4.69, 9.17) is 11.6 Å². The third-order valence-corrected chi connectivity index (χ3v) is 3.70. The minimum Gasteiger partial charge on any atom is -0.393 e. The highest BCUT2D eigenvalue weighted by atomic mass is 35.5. The van der Waals surface area contributed by atoms with E-state index in [2.05, 4.69) is 15.3 Å². The maximum atomic E-state index is 10.0. The second kappa shape index (κ2) is 7.25. The summed E-state index contributed by atoms with van der Waals surface area (Å²) in [4.78, 5) is 8.53. The average Bonchev–Trinajstić information content (AvgIpc) is 2.46. The van der Waals surface area contributed by atoms with Gasteiger partial charge < -0.3 is 15.5 Å². The number of nitrogens with zero attached hydrogens (tertiary/aromatic N) is 2. The SMILES string of the molecule is C[C@H](O)CCNc1cc(Cl)ncc1-c1ccc(C(C)(C)O)cn1. The first-order valence-corrected chi connectivity index (χ1v) is 7.92. The maximum Gasteiger partial charge on any atom is 0.131 e. The van der Waals surface area contributed by atoms with Crippen LogP contribution in [0.5, 0.6) is 0 Å². The molecule has 0 saturated heterocycles. The van der Waals surface area contributed by atoms with Gasteiger partial charge in [0.05, 0.1) is 17.4 Å². The Morgan fingerprint density at radius 2 is 2.00 bits per heavy atom. The zero-order chi connectivity index (χ0) is 17.0. The topological polar surface area (TPSA) is 78.3 Å². The van der Waals surface area contributed by atoms with Gasteiger partial charge in [-0.15, -0.1) is 0 Å². The zero-order valence-corrected chi connectivity index (χ0v) is 14.3. The summed E-state index contributed by atoms with van der Waals surface area (Å²) in [7, 11) is 0. The van der Waals surface area contributed by atoms with Gasteiger partial charge >= 0.3 is 0 Å². The molecule has 0 aromatic carbocycles. The van der Waals surface area contributed by atoms with Crippen LogP contribution in [0, 0.1) is 0 Å². The lowest BCUT2D eigenvalue weighted by Crippen LogP contribution is -2.15. The van der Waals surface area contributed by atoms with Crippen LogP contribution >= 0.6 is 11.6 Å². The Morgan fingerprint density at radius 3 is 2.57 bits per heavy atom. The molecule has 3 N–H and O–H groups in total. The lowest BCUT2D eigenvalue weighted by molar-refractivity contribution is 0.0782. The Morgan fingerprint density at radius 1 is 1.26 bits per heavy atom. The summed E-state index contributed by atoms with van der Waals surface area (Å²) in [5.41, 5.74) is 2.19. The lowest BCUT2D eigenvalue weighted by Gasteiger charge is -2.18. The van der Waals surface area contributed by atoms with Crippen molar-refractivity contribution in [2.45, 2.75) is 38.9 Å². The molecule has 6 heteroatoms. The van der Waals surface area contributed by atoms with E-state index in [9.17, 15) is 10.2 Å². The number of rotatable bonds is 6. The van der Waals surface area contributed by atoms with Crippen molar-refractivity contribution in [3.05, 3.63) is 41.3 Å². The van der Waals surface area contributed by atoms with Gasteiger partial charge in [0.15, 0.2) is 0 Å². The van der Waals surface area contributed by atoms with Crippen LogP contribution in [-0.2, 0) is 5.60 Å². The fourth-order valence-corrected chi connectivity index (χ4v) is 2.27. The van der Waals surface area contributed by atoms with Crippen LogP contribution in [0.1, 0.15) is 32.8 Å². The number of aromatic nitrogens is 2. The monoisotopic (exact) mass is 335 g/mol. The van der Waals surface area contributed by atoms with Gasteiger partial charge in [0.1, 0.15) is 5.15 Å². The standard InChI is InChI=1S/C17H22ClN3O2/c1-11(22)6-7-19-15-8-16(18)21-10-13(15)14-5-4-12(9-20-14)17(2,3)23/h4-5,8-11,22-23H,6-7H2,1-3H3,(H,19,21)/t11-/m0/s1. The first kappa shape index (κ1) is 17.7. The molecule has 124 valence electrons. The first-order valence-electron chi connectivity index (χ1n) is 7.54. The zero-order valence-electron chi connectivity index (χ0n) is 13.5. The molecular formula is C17H22ClN3O2. The van der Waals surface area contributed by atoms with Crippen LogP contribution in [0.2, 0.25) is 5.15 Å². The van der Waals surface area contributed by atoms with Gasteiger partial charge in [0, 0.05) is 35.8 Å². The van der Waals surface area contributed by atoms with Crippen molar-refractivity contribution in [1.82, 2.24) is 9.97 Å². The van der Waals surface area contributed by atoms with Crippen molar-refractivity contribution in [2.75, 3.05) is 11.9 Å². The Bertz CT molecular complexity index is 652. The average molecular weight is 336 g/mol. The molecular weight excluding hydrogens is 314 g/mol. The number of hydrogen-bond acceptors (Lipinski definition) is 5. The summed E-state index contributed by atoms with van der Waals surface area (Å²) in [6, 6.07) is 5.43. The van der Waals surface area contributed by atoms with E-state index in [1.165, 1.54) is 0 Å². The molecule has 0 unspecified atom stereocenters. The van der Waals surface area contributed by atoms with Crippen molar-refractivity contribution >= 4 is 17.3 Å². The van der Waals surface area contributed by atoms with Crippen LogP contribution in [-0.4, -0.2) is 32.8 Å². The van der Waals surface area contributed by atoms with Gasteiger partial charge in [-0.2, -0.15) is 0 Å². The highest BCUT2D eigenvalue weighted by Crippen LogP contribution is 2.29. The third kappa shape index (κ3) is 4.89. The normalized spacial score (nSPS) is 13.0. The molecule has 1 atom stereocenters. The Hall–Kier alpha value is -1.69. The number of pyridine rings is 2. The van der Waals surface area contributed by atoms with E-state index in [-0.39, 0.29) is 6.10 Å². The largest absolute Gasteiger partial charge is 0.393 e. The molecule has 0 bridgehead atoms. The van der Waals surface area contributed by atoms with Crippen molar-refractivity contribution in [1.29, 1.82) is 0 Å². The van der Waals surface area contributed by atoms with Crippen molar-refractivity contribution in [3.63, 3.8) is 0 Å². The van der Waals surface area contributed by atoms with E-state index < -0.39 is 5.60 Å². The maximum absolute atomic E-state index is 10.0. The summed E-state index contributed by atoms with van der Waals surface area (Å²) in [5.74, 6) is 0. The fourth-order valence-electron chi connectivity index (χ4n) is 2.11. The summed E-state index contributed by atoms with van der Waals surface area (Å²) in [6.45, 7) is 5.80. The Labute approximate surface area is 141 Å². The van der Waals surface area contributed by atoms with E-state index in [0.717, 1.165) is 22.5 Å². The van der Waals surface area contributed by atoms with Crippen LogP contribution in [0.4, 0.5) is 5.69 Å². The van der Waals surface area contributed by atoms with Crippen molar-refractivity contribution in [3.8, 4) is 11.3 Å². The molecule has 0 aliphatic heterocycles. The fraction of sp³-hybridized carbons (Fsp3) is 0.412. The van der Waals surface area contributed by atoms with E-state index in [1.54, 1.807) is 39.2 Å². The molecule has 0 spiro atoms. The molecule has 2 heterocycles. The van der Waals surface area contributed by atoms with Crippen LogP contribution in [0.25, 0.3) is 11.3 Å². The second-order valence-electron chi connectivity index (χ2n) is 6.11. The number of nitrogens with one attached hydrogen (secondary N) is 1.